The highest BCUT2D eigenvalue weighted by Gasteiger charge is 2.07. The third-order valence-electron chi connectivity index (χ3n) is 3.19. The number of carbonyl (C=O) groups excluding carboxylic acids is 1. The van der Waals surface area contributed by atoms with Gasteiger partial charge in [-0.3, -0.25) is 4.79 Å². The summed E-state index contributed by atoms with van der Waals surface area (Å²) in [4.78, 5) is 14.3. The van der Waals surface area contributed by atoms with Crippen LogP contribution >= 0.6 is 39.5 Å². The Balaban J connectivity index is 1.52. The fourth-order valence-electron chi connectivity index (χ4n) is 1.98. The predicted octanol–water partition coefficient (Wildman–Crippen LogP) is 4.46. The van der Waals surface area contributed by atoms with E-state index in [4.69, 9.17) is 0 Å². The van der Waals surface area contributed by atoms with E-state index in [1.54, 1.807) is 22.7 Å². The number of benzene rings is 2. The quantitative estimate of drug-likeness (QED) is 0.580. The van der Waals surface area contributed by atoms with Crippen molar-refractivity contribution >= 4 is 51.0 Å². The van der Waals surface area contributed by atoms with E-state index in [9.17, 15) is 4.79 Å². The second-order valence-electron chi connectivity index (χ2n) is 5.14. The SMILES string of the molecule is Cn1cnnc1SCC(=O)Nc1ccc(Sc2ccc(Br)cc2)cc1. The molecule has 0 unspecified atom stereocenters. The predicted molar refractivity (Wildman–Crippen MR) is 105 cm³/mol. The van der Waals surface area contributed by atoms with Crippen molar-refractivity contribution in [1.82, 2.24) is 14.8 Å². The monoisotopic (exact) mass is 434 g/mol. The highest BCUT2D eigenvalue weighted by Crippen LogP contribution is 2.29. The third kappa shape index (κ3) is 5.35. The highest BCUT2D eigenvalue weighted by molar-refractivity contribution is 9.10. The molecule has 1 amide bonds. The molecule has 8 heteroatoms. The first-order valence-electron chi connectivity index (χ1n) is 7.40. The first-order valence-corrected chi connectivity index (χ1v) is 10.00. The van der Waals surface area contributed by atoms with Crippen LogP contribution in [0.25, 0.3) is 0 Å². The third-order valence-corrected chi connectivity index (χ3v) is 5.77. The van der Waals surface area contributed by atoms with Gasteiger partial charge in [0.25, 0.3) is 0 Å². The van der Waals surface area contributed by atoms with Gasteiger partial charge in [-0.05, 0) is 48.5 Å². The van der Waals surface area contributed by atoms with Gasteiger partial charge >= 0.3 is 0 Å². The fraction of sp³-hybridized carbons (Fsp3) is 0.118. The summed E-state index contributed by atoms with van der Waals surface area (Å²) in [7, 11) is 1.85. The standard InChI is InChI=1S/C17H15BrN4OS2/c1-22-11-19-21-17(22)24-10-16(23)20-13-4-8-15(9-5-13)25-14-6-2-12(18)3-7-14/h2-9,11H,10H2,1H3,(H,20,23). The van der Waals surface area contributed by atoms with Crippen LogP contribution in [-0.4, -0.2) is 26.4 Å². The first-order chi connectivity index (χ1) is 12.1. The molecule has 0 saturated carbocycles. The summed E-state index contributed by atoms with van der Waals surface area (Å²) in [6.07, 6.45) is 1.61. The molecule has 0 spiro atoms. The molecular weight excluding hydrogens is 420 g/mol. The number of nitrogens with zero attached hydrogens (tertiary/aromatic N) is 3. The zero-order valence-corrected chi connectivity index (χ0v) is 16.6. The number of aromatic nitrogens is 3. The average molecular weight is 435 g/mol. The van der Waals surface area contributed by atoms with Crippen LogP contribution in [0.2, 0.25) is 0 Å². The summed E-state index contributed by atoms with van der Waals surface area (Å²) >= 11 is 6.47. The molecule has 0 fully saturated rings. The number of carbonyl (C=O) groups is 1. The molecule has 128 valence electrons. The number of halogens is 1. The van der Waals surface area contributed by atoms with Gasteiger partial charge in [0.15, 0.2) is 5.16 Å². The van der Waals surface area contributed by atoms with Crippen molar-refractivity contribution < 1.29 is 4.79 Å². The smallest absolute Gasteiger partial charge is 0.234 e. The van der Waals surface area contributed by atoms with Gasteiger partial charge in [0.2, 0.25) is 5.91 Å². The van der Waals surface area contributed by atoms with Gasteiger partial charge in [-0.25, -0.2) is 0 Å². The second-order valence-corrected chi connectivity index (χ2v) is 8.15. The molecule has 0 atom stereocenters. The number of hydrogen-bond donors (Lipinski definition) is 1. The fourth-order valence-corrected chi connectivity index (χ4v) is 3.74. The van der Waals surface area contributed by atoms with Crippen LogP contribution in [-0.2, 0) is 11.8 Å². The summed E-state index contributed by atoms with van der Waals surface area (Å²) in [6, 6.07) is 16.0. The molecule has 3 rings (SSSR count). The molecule has 0 radical (unpaired) electrons. The topological polar surface area (TPSA) is 59.8 Å². The Kier molecular flexibility index (Phi) is 6.17. The van der Waals surface area contributed by atoms with E-state index in [1.165, 1.54) is 16.7 Å². The lowest BCUT2D eigenvalue weighted by Crippen LogP contribution is -2.14. The van der Waals surface area contributed by atoms with E-state index in [1.807, 2.05) is 43.4 Å². The molecule has 2 aromatic carbocycles. The van der Waals surface area contributed by atoms with Gasteiger partial charge in [0, 0.05) is 27.0 Å². The molecular formula is C17H15BrN4OS2. The van der Waals surface area contributed by atoms with E-state index in [0.29, 0.717) is 5.75 Å². The number of aryl methyl sites for hydroxylation is 1. The van der Waals surface area contributed by atoms with Gasteiger partial charge in [0.1, 0.15) is 6.33 Å². The largest absolute Gasteiger partial charge is 0.325 e. The number of anilines is 1. The van der Waals surface area contributed by atoms with Crippen LogP contribution in [0, 0.1) is 0 Å². The minimum Gasteiger partial charge on any atom is -0.325 e. The van der Waals surface area contributed by atoms with Crippen LogP contribution in [0.4, 0.5) is 5.69 Å². The molecule has 0 saturated heterocycles. The molecule has 0 aliphatic carbocycles. The molecule has 0 aliphatic rings. The zero-order chi connectivity index (χ0) is 17.6. The Labute approximate surface area is 162 Å². The van der Waals surface area contributed by atoms with Gasteiger partial charge in [-0.15, -0.1) is 10.2 Å². The summed E-state index contributed by atoms with van der Waals surface area (Å²) in [6.45, 7) is 0. The minimum atomic E-state index is -0.0682. The summed E-state index contributed by atoms with van der Waals surface area (Å²) < 4.78 is 2.85. The molecule has 1 aromatic heterocycles. The van der Waals surface area contributed by atoms with Gasteiger partial charge < -0.3 is 9.88 Å². The van der Waals surface area contributed by atoms with Crippen LogP contribution in [0.1, 0.15) is 0 Å². The van der Waals surface area contributed by atoms with E-state index in [-0.39, 0.29) is 5.91 Å². The van der Waals surface area contributed by atoms with Crippen molar-refractivity contribution in [3.8, 4) is 0 Å². The molecule has 5 nitrogen and oxygen atoms in total. The van der Waals surface area contributed by atoms with E-state index < -0.39 is 0 Å². The Bertz CT molecular complexity index is 850. The van der Waals surface area contributed by atoms with Crippen LogP contribution in [0.5, 0.6) is 0 Å². The molecule has 0 bridgehead atoms. The van der Waals surface area contributed by atoms with E-state index >= 15 is 0 Å². The lowest BCUT2D eigenvalue weighted by molar-refractivity contribution is -0.113. The Morgan fingerprint density at radius 1 is 1.12 bits per heavy atom. The number of rotatable bonds is 6. The van der Waals surface area contributed by atoms with Crippen LogP contribution in [0.15, 0.2) is 74.3 Å². The molecule has 1 N–H and O–H groups in total. The average Bonchev–Trinajstić information content (AvgIpc) is 3.02. The number of nitrogens with one attached hydrogen (secondary N) is 1. The van der Waals surface area contributed by atoms with Crippen molar-refractivity contribution in [3.63, 3.8) is 0 Å². The number of amides is 1. The number of thioether (sulfide) groups is 1. The maximum atomic E-state index is 12.0. The maximum Gasteiger partial charge on any atom is 0.234 e. The molecule has 25 heavy (non-hydrogen) atoms. The molecule has 0 aliphatic heterocycles. The van der Waals surface area contributed by atoms with Crippen molar-refractivity contribution in [2.75, 3.05) is 11.1 Å². The number of hydrogen-bond acceptors (Lipinski definition) is 5. The second kappa shape index (κ2) is 8.55. The van der Waals surface area contributed by atoms with Crippen molar-refractivity contribution in [3.05, 3.63) is 59.3 Å². The Hall–Kier alpha value is -1.77. The zero-order valence-electron chi connectivity index (χ0n) is 13.3. The van der Waals surface area contributed by atoms with Gasteiger partial charge in [-0.1, -0.05) is 39.5 Å². The van der Waals surface area contributed by atoms with Crippen molar-refractivity contribution in [2.24, 2.45) is 7.05 Å². The molecule has 3 aromatic rings. The highest BCUT2D eigenvalue weighted by atomic mass is 79.9. The maximum absolute atomic E-state index is 12.0. The van der Waals surface area contributed by atoms with E-state index in [0.717, 1.165) is 20.2 Å². The Morgan fingerprint density at radius 3 is 2.36 bits per heavy atom. The Morgan fingerprint density at radius 2 is 1.76 bits per heavy atom. The van der Waals surface area contributed by atoms with E-state index in [2.05, 4.69) is 43.6 Å². The minimum absolute atomic E-state index is 0.0682. The van der Waals surface area contributed by atoms with Crippen molar-refractivity contribution in [2.45, 2.75) is 14.9 Å². The summed E-state index contributed by atoms with van der Waals surface area (Å²) in [5.41, 5.74) is 0.781. The lowest BCUT2D eigenvalue weighted by Gasteiger charge is -2.06. The van der Waals surface area contributed by atoms with Crippen LogP contribution in [0.3, 0.4) is 0 Å². The summed E-state index contributed by atoms with van der Waals surface area (Å²) in [5, 5.41) is 11.3. The lowest BCUT2D eigenvalue weighted by atomic mass is 10.3. The van der Waals surface area contributed by atoms with Gasteiger partial charge in [0.05, 0.1) is 5.75 Å². The van der Waals surface area contributed by atoms with Gasteiger partial charge in [-0.2, -0.15) is 0 Å². The summed E-state index contributed by atoms with van der Waals surface area (Å²) in [5.74, 6) is 0.225. The first kappa shape index (κ1) is 18.0. The van der Waals surface area contributed by atoms with Crippen LogP contribution < -0.4 is 5.32 Å². The molecule has 1 heterocycles. The normalized spacial score (nSPS) is 10.6. The van der Waals surface area contributed by atoms with Crippen molar-refractivity contribution in [1.29, 1.82) is 0 Å².